The molecule has 0 bridgehead atoms. The maximum Gasteiger partial charge on any atom is 0.272 e. The van der Waals surface area contributed by atoms with E-state index in [1.165, 1.54) is 29.3 Å². The number of aromatic nitrogens is 1. The molecule has 162 valence electrons. The highest BCUT2D eigenvalue weighted by atomic mass is 16.6. The van der Waals surface area contributed by atoms with Crippen LogP contribution in [0.25, 0.3) is 0 Å². The number of aryl methyl sites for hydroxylation is 1. The molecular formula is C21H23N5O5. The Morgan fingerprint density at radius 2 is 1.97 bits per heavy atom. The van der Waals surface area contributed by atoms with E-state index < -0.39 is 11.0 Å². The Bertz CT molecular complexity index is 995. The fourth-order valence-corrected chi connectivity index (χ4v) is 3.52. The lowest BCUT2D eigenvalue weighted by Crippen LogP contribution is -2.47. The second-order valence-corrected chi connectivity index (χ2v) is 7.20. The third-order valence-corrected chi connectivity index (χ3v) is 5.09. The highest BCUT2D eigenvalue weighted by Crippen LogP contribution is 2.24. The van der Waals surface area contributed by atoms with Crippen LogP contribution in [0.5, 0.6) is 0 Å². The summed E-state index contributed by atoms with van der Waals surface area (Å²) in [6.07, 6.45) is 4.25. The summed E-state index contributed by atoms with van der Waals surface area (Å²) < 4.78 is 0. The molecule has 2 N–H and O–H groups in total. The van der Waals surface area contributed by atoms with Gasteiger partial charge in [0.25, 0.3) is 17.5 Å². The second-order valence-electron chi connectivity index (χ2n) is 7.20. The zero-order valence-electron chi connectivity index (χ0n) is 17.0. The minimum atomic E-state index is -0.614. The smallest absolute Gasteiger partial charge is 0.272 e. The van der Waals surface area contributed by atoms with Gasteiger partial charge in [-0.25, -0.2) is 0 Å². The molecule has 1 aliphatic rings. The number of nitrogens with zero attached hydrogens (tertiary/aromatic N) is 3. The van der Waals surface area contributed by atoms with Crippen molar-refractivity contribution in [2.75, 3.05) is 19.6 Å². The first-order valence-electron chi connectivity index (χ1n) is 9.90. The summed E-state index contributed by atoms with van der Waals surface area (Å²) in [5.41, 5.74) is 1.08. The van der Waals surface area contributed by atoms with E-state index in [1.807, 2.05) is 0 Å². The normalized spacial score (nSPS) is 15.4. The maximum absolute atomic E-state index is 12.9. The van der Waals surface area contributed by atoms with Crippen molar-refractivity contribution >= 4 is 23.4 Å². The molecule has 31 heavy (non-hydrogen) atoms. The van der Waals surface area contributed by atoms with Crippen molar-refractivity contribution < 1.29 is 19.3 Å². The van der Waals surface area contributed by atoms with Crippen LogP contribution in [-0.4, -0.2) is 58.2 Å². The zero-order valence-corrected chi connectivity index (χ0v) is 17.0. The lowest BCUT2D eigenvalue weighted by molar-refractivity contribution is -0.385. The summed E-state index contributed by atoms with van der Waals surface area (Å²) in [4.78, 5) is 53.3. The van der Waals surface area contributed by atoms with Crippen molar-refractivity contribution in [3.8, 4) is 0 Å². The van der Waals surface area contributed by atoms with Gasteiger partial charge in [-0.1, -0.05) is 0 Å². The molecule has 1 aromatic carbocycles. The monoisotopic (exact) mass is 425 g/mol. The minimum absolute atomic E-state index is 0.0550. The number of hydrogen-bond donors (Lipinski definition) is 2. The van der Waals surface area contributed by atoms with Crippen molar-refractivity contribution in [3.05, 3.63) is 69.5 Å². The molecule has 2 aromatic rings. The molecule has 0 spiro atoms. The topological polar surface area (TPSA) is 135 Å². The van der Waals surface area contributed by atoms with E-state index in [4.69, 9.17) is 0 Å². The van der Waals surface area contributed by atoms with E-state index in [-0.39, 0.29) is 36.5 Å². The number of amides is 3. The Labute approximate surface area is 178 Å². The Morgan fingerprint density at radius 1 is 1.19 bits per heavy atom. The molecule has 0 radical (unpaired) electrons. The molecule has 10 heteroatoms. The third-order valence-electron chi connectivity index (χ3n) is 5.09. The number of pyridine rings is 1. The Morgan fingerprint density at radius 3 is 2.65 bits per heavy atom. The molecule has 2 heterocycles. The van der Waals surface area contributed by atoms with Gasteiger partial charge in [0, 0.05) is 49.2 Å². The zero-order chi connectivity index (χ0) is 22.4. The maximum atomic E-state index is 12.9. The standard InChI is InChI=1S/C21H23N5O5/c1-14-12-15(6-7-17(14)26(30)31)21(29)25-11-3-5-18(25)20(28)24-10-9-23-19(27)16-4-2-8-22-13-16/h2,4,6-8,12-13,18H,3,5,9-11H2,1H3,(H,23,27)(H,24,28). The number of rotatable bonds is 7. The van der Waals surface area contributed by atoms with E-state index in [9.17, 15) is 24.5 Å². The lowest BCUT2D eigenvalue weighted by atomic mass is 10.1. The first-order valence-corrected chi connectivity index (χ1v) is 9.90. The van der Waals surface area contributed by atoms with E-state index in [0.29, 0.717) is 36.1 Å². The molecule has 1 fully saturated rings. The number of carbonyl (C=O) groups is 3. The van der Waals surface area contributed by atoms with Gasteiger partial charge < -0.3 is 15.5 Å². The highest BCUT2D eigenvalue weighted by Gasteiger charge is 2.34. The minimum Gasteiger partial charge on any atom is -0.353 e. The van der Waals surface area contributed by atoms with Gasteiger partial charge in [0.2, 0.25) is 5.91 Å². The van der Waals surface area contributed by atoms with Gasteiger partial charge in [-0.2, -0.15) is 0 Å². The van der Waals surface area contributed by atoms with Crippen LogP contribution in [0, 0.1) is 17.0 Å². The summed E-state index contributed by atoms with van der Waals surface area (Å²) in [6.45, 7) is 2.47. The number of benzene rings is 1. The lowest BCUT2D eigenvalue weighted by Gasteiger charge is -2.24. The number of carbonyl (C=O) groups excluding carboxylic acids is 3. The van der Waals surface area contributed by atoms with Gasteiger partial charge >= 0.3 is 0 Å². The number of likely N-dealkylation sites (tertiary alicyclic amines) is 1. The van der Waals surface area contributed by atoms with Crippen molar-refractivity contribution in [2.24, 2.45) is 0 Å². The number of hydrogen-bond acceptors (Lipinski definition) is 6. The van der Waals surface area contributed by atoms with Crippen LogP contribution >= 0.6 is 0 Å². The molecule has 1 saturated heterocycles. The van der Waals surface area contributed by atoms with Crippen molar-refractivity contribution in [1.29, 1.82) is 0 Å². The number of nitro groups is 1. The SMILES string of the molecule is Cc1cc(C(=O)N2CCCC2C(=O)NCCNC(=O)c2cccnc2)ccc1[N+](=O)[O-]. The van der Waals surface area contributed by atoms with Gasteiger partial charge in [-0.15, -0.1) is 0 Å². The largest absolute Gasteiger partial charge is 0.353 e. The van der Waals surface area contributed by atoms with Crippen molar-refractivity contribution in [2.45, 2.75) is 25.8 Å². The summed E-state index contributed by atoms with van der Waals surface area (Å²) in [5.74, 6) is -0.908. The molecule has 0 aliphatic carbocycles. The molecule has 3 amide bonds. The second kappa shape index (κ2) is 9.79. The van der Waals surface area contributed by atoms with Crippen LogP contribution in [0.1, 0.15) is 39.1 Å². The van der Waals surface area contributed by atoms with Gasteiger partial charge in [0.1, 0.15) is 6.04 Å². The van der Waals surface area contributed by atoms with Crippen molar-refractivity contribution in [3.63, 3.8) is 0 Å². The summed E-state index contributed by atoms with van der Waals surface area (Å²) in [5, 5.41) is 16.4. The van der Waals surface area contributed by atoms with Crippen LogP contribution in [-0.2, 0) is 4.79 Å². The first-order chi connectivity index (χ1) is 14.9. The Kier molecular flexibility index (Phi) is 6.91. The van der Waals surface area contributed by atoms with Crippen LogP contribution in [0.4, 0.5) is 5.69 Å². The fourth-order valence-electron chi connectivity index (χ4n) is 3.52. The molecule has 1 aliphatic heterocycles. The third kappa shape index (κ3) is 5.21. The fraction of sp³-hybridized carbons (Fsp3) is 0.333. The highest BCUT2D eigenvalue weighted by molar-refractivity contribution is 5.98. The van der Waals surface area contributed by atoms with E-state index >= 15 is 0 Å². The molecule has 10 nitrogen and oxygen atoms in total. The quantitative estimate of drug-likeness (QED) is 0.392. The molecule has 1 aromatic heterocycles. The van der Waals surface area contributed by atoms with E-state index in [0.717, 1.165) is 0 Å². The van der Waals surface area contributed by atoms with Crippen molar-refractivity contribution in [1.82, 2.24) is 20.5 Å². The molecule has 1 unspecified atom stereocenters. The molecule has 1 atom stereocenters. The van der Waals surface area contributed by atoms with Crippen LogP contribution < -0.4 is 10.6 Å². The van der Waals surface area contributed by atoms with E-state index in [2.05, 4.69) is 15.6 Å². The van der Waals surface area contributed by atoms with Crippen LogP contribution in [0.2, 0.25) is 0 Å². The van der Waals surface area contributed by atoms with Crippen LogP contribution in [0.15, 0.2) is 42.7 Å². The average Bonchev–Trinajstić information content (AvgIpc) is 3.26. The number of nitrogens with one attached hydrogen (secondary N) is 2. The first kappa shape index (κ1) is 21.9. The van der Waals surface area contributed by atoms with Crippen LogP contribution in [0.3, 0.4) is 0 Å². The van der Waals surface area contributed by atoms with Gasteiger partial charge in [0.05, 0.1) is 10.5 Å². The predicted octanol–water partition coefficient (Wildman–Crippen LogP) is 1.45. The average molecular weight is 425 g/mol. The molecular weight excluding hydrogens is 402 g/mol. The Balaban J connectivity index is 1.54. The summed E-state index contributed by atoms with van der Waals surface area (Å²) in [7, 11) is 0. The van der Waals surface area contributed by atoms with Gasteiger partial charge in [-0.3, -0.25) is 29.5 Å². The number of nitro benzene ring substituents is 1. The molecule has 3 rings (SSSR count). The van der Waals surface area contributed by atoms with E-state index in [1.54, 1.807) is 25.3 Å². The predicted molar refractivity (Wildman–Crippen MR) is 111 cm³/mol. The summed E-state index contributed by atoms with van der Waals surface area (Å²) >= 11 is 0. The van der Waals surface area contributed by atoms with Gasteiger partial charge in [-0.05, 0) is 44.0 Å². The summed E-state index contributed by atoms with van der Waals surface area (Å²) in [6, 6.07) is 6.88. The Hall–Kier alpha value is -3.82. The van der Waals surface area contributed by atoms with Gasteiger partial charge in [0.15, 0.2) is 0 Å². The molecule has 0 saturated carbocycles.